The number of ketones is 1. The van der Waals surface area contributed by atoms with E-state index in [9.17, 15) is 9.59 Å². The SMILES string of the molecule is CCOC(=O)C(=O)CCCCCOc1ccccc1. The first-order valence-electron chi connectivity index (χ1n) is 6.62. The smallest absolute Gasteiger partial charge is 0.374 e. The van der Waals surface area contributed by atoms with Crippen molar-refractivity contribution in [2.75, 3.05) is 13.2 Å². The lowest BCUT2D eigenvalue weighted by Crippen LogP contribution is -2.16. The van der Waals surface area contributed by atoms with Gasteiger partial charge < -0.3 is 9.47 Å². The van der Waals surface area contributed by atoms with Crippen molar-refractivity contribution in [2.24, 2.45) is 0 Å². The fourth-order valence-corrected chi connectivity index (χ4v) is 1.58. The van der Waals surface area contributed by atoms with Gasteiger partial charge in [-0.15, -0.1) is 0 Å². The highest BCUT2D eigenvalue weighted by Crippen LogP contribution is 2.09. The molecule has 0 radical (unpaired) electrons. The Morgan fingerprint density at radius 1 is 1.05 bits per heavy atom. The second kappa shape index (κ2) is 9.14. The van der Waals surface area contributed by atoms with E-state index in [1.165, 1.54) is 0 Å². The van der Waals surface area contributed by atoms with Gasteiger partial charge in [-0.25, -0.2) is 4.79 Å². The zero-order valence-electron chi connectivity index (χ0n) is 11.3. The largest absolute Gasteiger partial charge is 0.494 e. The van der Waals surface area contributed by atoms with Crippen LogP contribution in [0.4, 0.5) is 0 Å². The number of unbranched alkanes of at least 4 members (excludes halogenated alkanes) is 2. The molecule has 0 amide bonds. The van der Waals surface area contributed by atoms with E-state index in [1.54, 1.807) is 6.92 Å². The van der Waals surface area contributed by atoms with Crippen LogP contribution in [0.25, 0.3) is 0 Å². The number of carbonyl (C=O) groups is 2. The van der Waals surface area contributed by atoms with Crippen LogP contribution in [0.1, 0.15) is 32.6 Å². The number of Topliss-reactive ketones (excluding diaryl/α,β-unsaturated/α-hetero) is 1. The molecular formula is C15H20O4. The quantitative estimate of drug-likeness (QED) is 0.391. The molecule has 0 N–H and O–H groups in total. The molecule has 19 heavy (non-hydrogen) atoms. The Kier molecular flexibility index (Phi) is 7.32. The molecule has 0 aliphatic heterocycles. The molecule has 0 fully saturated rings. The van der Waals surface area contributed by atoms with Gasteiger partial charge in [0.05, 0.1) is 13.2 Å². The second-order valence-corrected chi connectivity index (χ2v) is 4.12. The molecule has 0 spiro atoms. The Morgan fingerprint density at radius 2 is 1.79 bits per heavy atom. The van der Waals surface area contributed by atoms with Crippen molar-refractivity contribution >= 4 is 11.8 Å². The summed E-state index contributed by atoms with van der Waals surface area (Å²) < 4.78 is 10.1. The van der Waals surface area contributed by atoms with E-state index in [1.807, 2.05) is 30.3 Å². The monoisotopic (exact) mass is 264 g/mol. The number of rotatable bonds is 9. The molecule has 0 aliphatic carbocycles. The number of benzene rings is 1. The van der Waals surface area contributed by atoms with Crippen LogP contribution in [0, 0.1) is 0 Å². The van der Waals surface area contributed by atoms with Gasteiger partial charge in [-0.3, -0.25) is 4.79 Å². The lowest BCUT2D eigenvalue weighted by molar-refractivity contribution is -0.153. The Balaban J connectivity index is 2.02. The lowest BCUT2D eigenvalue weighted by atomic mass is 10.1. The molecule has 0 aliphatic rings. The van der Waals surface area contributed by atoms with Crippen LogP contribution in [0.3, 0.4) is 0 Å². The first kappa shape index (κ1) is 15.2. The molecular weight excluding hydrogens is 244 g/mol. The highest BCUT2D eigenvalue weighted by molar-refractivity contribution is 6.33. The third kappa shape index (κ3) is 6.60. The fourth-order valence-electron chi connectivity index (χ4n) is 1.58. The van der Waals surface area contributed by atoms with Gasteiger partial charge in [0.15, 0.2) is 0 Å². The summed E-state index contributed by atoms with van der Waals surface area (Å²) in [5.74, 6) is -0.307. The average molecular weight is 264 g/mol. The Labute approximate surface area is 113 Å². The van der Waals surface area contributed by atoms with Crippen LogP contribution in [-0.4, -0.2) is 25.0 Å². The maximum atomic E-state index is 11.3. The molecule has 0 unspecified atom stereocenters. The lowest BCUT2D eigenvalue weighted by Gasteiger charge is -2.05. The number of hydrogen-bond acceptors (Lipinski definition) is 4. The van der Waals surface area contributed by atoms with Gasteiger partial charge in [-0.05, 0) is 38.3 Å². The number of esters is 1. The van der Waals surface area contributed by atoms with Crippen LogP contribution in [-0.2, 0) is 14.3 Å². The average Bonchev–Trinajstić information content (AvgIpc) is 2.43. The van der Waals surface area contributed by atoms with Crippen molar-refractivity contribution in [1.29, 1.82) is 0 Å². The van der Waals surface area contributed by atoms with Crippen LogP contribution in [0.5, 0.6) is 5.75 Å². The highest BCUT2D eigenvalue weighted by atomic mass is 16.5. The molecule has 1 rings (SSSR count). The molecule has 0 aromatic heterocycles. The predicted molar refractivity (Wildman–Crippen MR) is 72.0 cm³/mol. The topological polar surface area (TPSA) is 52.6 Å². The minimum atomic E-state index is -0.719. The Morgan fingerprint density at radius 3 is 2.47 bits per heavy atom. The van der Waals surface area contributed by atoms with Gasteiger partial charge in [0.2, 0.25) is 5.78 Å². The van der Waals surface area contributed by atoms with Crippen molar-refractivity contribution in [2.45, 2.75) is 32.6 Å². The van der Waals surface area contributed by atoms with Gasteiger partial charge in [0, 0.05) is 6.42 Å². The third-order valence-corrected chi connectivity index (χ3v) is 2.56. The fraction of sp³-hybridized carbons (Fsp3) is 0.467. The van der Waals surface area contributed by atoms with E-state index >= 15 is 0 Å². The molecule has 0 bridgehead atoms. The van der Waals surface area contributed by atoms with Gasteiger partial charge in [-0.2, -0.15) is 0 Å². The summed E-state index contributed by atoms with van der Waals surface area (Å²) in [5.41, 5.74) is 0. The van der Waals surface area contributed by atoms with Crippen LogP contribution in [0.2, 0.25) is 0 Å². The first-order valence-corrected chi connectivity index (χ1v) is 6.62. The molecule has 4 heteroatoms. The maximum absolute atomic E-state index is 11.3. The molecule has 1 aromatic rings. The van der Waals surface area contributed by atoms with E-state index in [0.717, 1.165) is 18.6 Å². The van der Waals surface area contributed by atoms with Crippen molar-refractivity contribution in [1.82, 2.24) is 0 Å². The van der Waals surface area contributed by atoms with Crippen molar-refractivity contribution < 1.29 is 19.1 Å². The highest BCUT2D eigenvalue weighted by Gasteiger charge is 2.13. The number of para-hydroxylation sites is 1. The summed E-state index contributed by atoms with van der Waals surface area (Å²) in [4.78, 5) is 22.3. The van der Waals surface area contributed by atoms with E-state index in [0.29, 0.717) is 13.0 Å². The summed E-state index contributed by atoms with van der Waals surface area (Å²) >= 11 is 0. The molecule has 0 atom stereocenters. The number of ether oxygens (including phenoxy) is 2. The summed E-state index contributed by atoms with van der Waals surface area (Å²) in [6.07, 6.45) is 2.67. The maximum Gasteiger partial charge on any atom is 0.374 e. The normalized spacial score (nSPS) is 9.95. The summed E-state index contributed by atoms with van der Waals surface area (Å²) in [6.45, 7) is 2.55. The van der Waals surface area contributed by atoms with Crippen molar-refractivity contribution in [3.05, 3.63) is 30.3 Å². The third-order valence-electron chi connectivity index (χ3n) is 2.56. The molecule has 0 heterocycles. The van der Waals surface area contributed by atoms with Gasteiger partial charge in [0.1, 0.15) is 5.75 Å². The van der Waals surface area contributed by atoms with Crippen LogP contribution in [0.15, 0.2) is 30.3 Å². The first-order chi connectivity index (χ1) is 9.24. The van der Waals surface area contributed by atoms with E-state index in [2.05, 4.69) is 4.74 Å². The second-order valence-electron chi connectivity index (χ2n) is 4.12. The molecule has 4 nitrogen and oxygen atoms in total. The van der Waals surface area contributed by atoms with Gasteiger partial charge >= 0.3 is 5.97 Å². The Bertz CT molecular complexity index is 386. The molecule has 0 saturated carbocycles. The number of hydrogen-bond donors (Lipinski definition) is 0. The summed E-state index contributed by atoms with van der Waals surface area (Å²) in [7, 11) is 0. The standard InChI is InChI=1S/C15H20O4/c1-2-18-15(17)14(16)11-7-4-8-12-19-13-9-5-3-6-10-13/h3,5-6,9-10H,2,4,7-8,11-12H2,1H3. The zero-order valence-corrected chi connectivity index (χ0v) is 11.3. The number of carbonyl (C=O) groups excluding carboxylic acids is 2. The van der Waals surface area contributed by atoms with Crippen LogP contribution >= 0.6 is 0 Å². The molecule has 104 valence electrons. The molecule has 0 saturated heterocycles. The zero-order chi connectivity index (χ0) is 13.9. The van der Waals surface area contributed by atoms with E-state index in [-0.39, 0.29) is 13.0 Å². The minimum absolute atomic E-state index is 0.246. The predicted octanol–water partition coefficient (Wildman–Crippen LogP) is 2.76. The molecule has 1 aromatic carbocycles. The van der Waals surface area contributed by atoms with Crippen molar-refractivity contribution in [3.8, 4) is 5.75 Å². The minimum Gasteiger partial charge on any atom is -0.494 e. The summed E-state index contributed by atoms with van der Waals surface area (Å²) in [6, 6.07) is 9.60. The summed E-state index contributed by atoms with van der Waals surface area (Å²) in [5, 5.41) is 0. The van der Waals surface area contributed by atoms with Crippen molar-refractivity contribution in [3.63, 3.8) is 0 Å². The van der Waals surface area contributed by atoms with Gasteiger partial charge in [-0.1, -0.05) is 18.2 Å². The Hall–Kier alpha value is -1.84. The van der Waals surface area contributed by atoms with E-state index < -0.39 is 11.8 Å². The van der Waals surface area contributed by atoms with Crippen LogP contribution < -0.4 is 4.74 Å². The van der Waals surface area contributed by atoms with Gasteiger partial charge in [0.25, 0.3) is 0 Å². The van der Waals surface area contributed by atoms with E-state index in [4.69, 9.17) is 4.74 Å².